The lowest BCUT2D eigenvalue weighted by Crippen LogP contribution is -2.17. The Morgan fingerprint density at radius 2 is 2.10 bits per heavy atom. The zero-order valence-electron chi connectivity index (χ0n) is 11.3. The number of nitrogens with one attached hydrogen (secondary N) is 1. The van der Waals surface area contributed by atoms with E-state index in [1.807, 2.05) is 11.6 Å². The van der Waals surface area contributed by atoms with Crippen molar-refractivity contribution in [2.24, 2.45) is 0 Å². The molecule has 0 amide bonds. The van der Waals surface area contributed by atoms with E-state index in [-0.39, 0.29) is 5.69 Å². The Bertz CT molecular complexity index is 564. The largest absolute Gasteiger partial charge is 0.310 e. The van der Waals surface area contributed by atoms with Crippen LogP contribution in [0, 0.1) is 10.1 Å². The topological polar surface area (TPSA) is 85.9 Å². The normalized spacial score (nSPS) is 10.7. The molecule has 7 heteroatoms. The van der Waals surface area contributed by atoms with Gasteiger partial charge in [0.2, 0.25) is 0 Å². The van der Waals surface area contributed by atoms with E-state index in [1.165, 1.54) is 12.1 Å². The van der Waals surface area contributed by atoms with Crippen molar-refractivity contribution in [3.63, 3.8) is 0 Å². The predicted octanol–water partition coefficient (Wildman–Crippen LogP) is 1.54. The summed E-state index contributed by atoms with van der Waals surface area (Å²) >= 11 is 0. The zero-order valence-corrected chi connectivity index (χ0v) is 11.3. The number of benzene rings is 1. The fraction of sp³-hybridized carbons (Fsp3) is 0.385. The van der Waals surface area contributed by atoms with Crippen LogP contribution in [0.1, 0.15) is 18.3 Å². The van der Waals surface area contributed by atoms with E-state index in [0.29, 0.717) is 13.1 Å². The summed E-state index contributed by atoms with van der Waals surface area (Å²) in [6, 6.07) is 6.60. The number of nitro benzene ring substituents is 1. The van der Waals surface area contributed by atoms with E-state index < -0.39 is 4.92 Å². The van der Waals surface area contributed by atoms with Gasteiger partial charge in [-0.3, -0.25) is 10.1 Å². The highest BCUT2D eigenvalue weighted by atomic mass is 16.6. The van der Waals surface area contributed by atoms with Crippen LogP contribution in [0.15, 0.2) is 30.6 Å². The first-order valence-electron chi connectivity index (χ1n) is 6.51. The molecule has 0 radical (unpaired) electrons. The molecule has 0 atom stereocenters. The third kappa shape index (κ3) is 3.61. The van der Waals surface area contributed by atoms with Gasteiger partial charge in [-0.2, -0.15) is 5.10 Å². The SMILES string of the molecule is CCNCc1ncnn1CCc1ccc([N+](=O)[O-])cc1. The average molecular weight is 275 g/mol. The van der Waals surface area contributed by atoms with Crippen molar-refractivity contribution in [3.05, 3.63) is 52.1 Å². The van der Waals surface area contributed by atoms with Gasteiger partial charge in [-0.15, -0.1) is 0 Å². The lowest BCUT2D eigenvalue weighted by molar-refractivity contribution is -0.384. The number of aromatic nitrogens is 3. The molecule has 106 valence electrons. The highest BCUT2D eigenvalue weighted by Crippen LogP contribution is 2.12. The fourth-order valence-electron chi connectivity index (χ4n) is 1.87. The monoisotopic (exact) mass is 275 g/mol. The van der Waals surface area contributed by atoms with E-state index in [1.54, 1.807) is 18.5 Å². The lowest BCUT2D eigenvalue weighted by Gasteiger charge is -2.06. The summed E-state index contributed by atoms with van der Waals surface area (Å²) in [6.07, 6.45) is 2.31. The summed E-state index contributed by atoms with van der Waals surface area (Å²) in [7, 11) is 0. The van der Waals surface area contributed by atoms with Crippen LogP contribution in [0.5, 0.6) is 0 Å². The summed E-state index contributed by atoms with van der Waals surface area (Å²) in [4.78, 5) is 14.4. The average Bonchev–Trinajstić information content (AvgIpc) is 2.90. The Kier molecular flexibility index (Phi) is 4.78. The van der Waals surface area contributed by atoms with E-state index >= 15 is 0 Å². The van der Waals surface area contributed by atoms with Crippen molar-refractivity contribution >= 4 is 5.69 Å². The number of hydrogen-bond acceptors (Lipinski definition) is 5. The second kappa shape index (κ2) is 6.76. The molecular formula is C13H17N5O2. The van der Waals surface area contributed by atoms with Gasteiger partial charge in [0.1, 0.15) is 12.2 Å². The standard InChI is InChI=1S/C13H17N5O2/c1-2-14-9-13-15-10-16-17(13)8-7-11-3-5-12(6-4-11)18(19)20/h3-6,10,14H,2,7-9H2,1H3. The van der Waals surface area contributed by atoms with Crippen LogP contribution in [0.3, 0.4) is 0 Å². The quantitative estimate of drug-likeness (QED) is 0.612. The van der Waals surface area contributed by atoms with Crippen molar-refractivity contribution in [3.8, 4) is 0 Å². The van der Waals surface area contributed by atoms with Gasteiger partial charge in [0.15, 0.2) is 0 Å². The van der Waals surface area contributed by atoms with Gasteiger partial charge in [-0.05, 0) is 18.5 Å². The molecule has 0 aliphatic heterocycles. The Balaban J connectivity index is 1.94. The van der Waals surface area contributed by atoms with Gasteiger partial charge < -0.3 is 5.32 Å². The Labute approximate surface area is 116 Å². The zero-order chi connectivity index (χ0) is 14.4. The molecule has 1 N–H and O–H groups in total. The first-order valence-corrected chi connectivity index (χ1v) is 6.51. The van der Waals surface area contributed by atoms with Gasteiger partial charge in [0.25, 0.3) is 5.69 Å². The fourth-order valence-corrected chi connectivity index (χ4v) is 1.87. The molecule has 2 rings (SSSR count). The van der Waals surface area contributed by atoms with Crippen LogP contribution < -0.4 is 5.32 Å². The van der Waals surface area contributed by atoms with Gasteiger partial charge >= 0.3 is 0 Å². The van der Waals surface area contributed by atoms with E-state index in [2.05, 4.69) is 15.4 Å². The minimum Gasteiger partial charge on any atom is -0.310 e. The van der Waals surface area contributed by atoms with Gasteiger partial charge in [0.05, 0.1) is 11.5 Å². The Morgan fingerprint density at radius 3 is 2.75 bits per heavy atom. The molecule has 1 heterocycles. The van der Waals surface area contributed by atoms with Gasteiger partial charge in [0, 0.05) is 18.7 Å². The van der Waals surface area contributed by atoms with Crippen molar-refractivity contribution in [1.82, 2.24) is 20.1 Å². The molecule has 0 unspecified atom stereocenters. The van der Waals surface area contributed by atoms with Crippen LogP contribution in [0.2, 0.25) is 0 Å². The summed E-state index contributed by atoms with van der Waals surface area (Å²) in [5.74, 6) is 0.897. The molecule has 0 bridgehead atoms. The summed E-state index contributed by atoms with van der Waals surface area (Å²) in [6.45, 7) is 4.32. The molecule has 20 heavy (non-hydrogen) atoms. The summed E-state index contributed by atoms with van der Waals surface area (Å²) in [5, 5.41) is 18.0. The second-order valence-corrected chi connectivity index (χ2v) is 4.35. The third-order valence-electron chi connectivity index (χ3n) is 2.99. The molecule has 1 aromatic carbocycles. The van der Waals surface area contributed by atoms with Crippen LogP contribution >= 0.6 is 0 Å². The summed E-state index contributed by atoms with van der Waals surface area (Å²) < 4.78 is 1.85. The molecule has 2 aromatic rings. The maximum absolute atomic E-state index is 10.6. The summed E-state index contributed by atoms with van der Waals surface area (Å²) in [5.41, 5.74) is 1.16. The lowest BCUT2D eigenvalue weighted by atomic mass is 10.1. The third-order valence-corrected chi connectivity index (χ3v) is 2.99. The van der Waals surface area contributed by atoms with Crippen LogP contribution in [0.25, 0.3) is 0 Å². The van der Waals surface area contributed by atoms with Crippen molar-refractivity contribution in [2.45, 2.75) is 26.4 Å². The number of aryl methyl sites for hydroxylation is 2. The highest BCUT2D eigenvalue weighted by molar-refractivity contribution is 5.32. The number of rotatable bonds is 7. The Hall–Kier alpha value is -2.28. The first-order chi connectivity index (χ1) is 9.70. The smallest absolute Gasteiger partial charge is 0.269 e. The molecule has 7 nitrogen and oxygen atoms in total. The molecule has 0 aliphatic carbocycles. The van der Waals surface area contributed by atoms with Crippen molar-refractivity contribution in [2.75, 3.05) is 6.54 Å². The molecule has 0 fully saturated rings. The maximum Gasteiger partial charge on any atom is 0.269 e. The highest BCUT2D eigenvalue weighted by Gasteiger charge is 2.06. The number of non-ortho nitro benzene ring substituents is 1. The van der Waals surface area contributed by atoms with E-state index in [4.69, 9.17) is 0 Å². The number of nitrogens with zero attached hydrogens (tertiary/aromatic N) is 4. The Morgan fingerprint density at radius 1 is 1.35 bits per heavy atom. The molecule has 0 saturated heterocycles. The van der Waals surface area contributed by atoms with E-state index in [9.17, 15) is 10.1 Å². The molecule has 0 aliphatic rings. The maximum atomic E-state index is 10.6. The molecule has 0 spiro atoms. The number of hydrogen-bond donors (Lipinski definition) is 1. The van der Waals surface area contributed by atoms with Gasteiger partial charge in [-0.1, -0.05) is 19.1 Å². The van der Waals surface area contributed by atoms with Crippen molar-refractivity contribution < 1.29 is 4.92 Å². The van der Waals surface area contributed by atoms with Crippen LogP contribution in [0.4, 0.5) is 5.69 Å². The molecular weight excluding hydrogens is 258 g/mol. The van der Waals surface area contributed by atoms with Crippen LogP contribution in [-0.2, 0) is 19.5 Å². The molecule has 0 saturated carbocycles. The number of nitro groups is 1. The van der Waals surface area contributed by atoms with Crippen LogP contribution in [-0.4, -0.2) is 26.2 Å². The minimum absolute atomic E-state index is 0.113. The van der Waals surface area contributed by atoms with Crippen molar-refractivity contribution in [1.29, 1.82) is 0 Å². The molecule has 1 aromatic heterocycles. The van der Waals surface area contributed by atoms with Gasteiger partial charge in [-0.25, -0.2) is 9.67 Å². The predicted molar refractivity (Wildman–Crippen MR) is 74.2 cm³/mol. The van der Waals surface area contributed by atoms with E-state index in [0.717, 1.165) is 24.4 Å². The second-order valence-electron chi connectivity index (χ2n) is 4.35. The first kappa shape index (κ1) is 14.1. The minimum atomic E-state index is -0.393.